The molecular weight excluding hydrogens is 294 g/mol. The summed E-state index contributed by atoms with van der Waals surface area (Å²) < 4.78 is 20.9. The Bertz CT molecular complexity index is 445. The highest BCUT2D eigenvalue weighted by atomic mass is 32.1. The number of nitrogens with zero attached hydrogens (tertiary/aromatic N) is 2. The number of hydrogen-bond acceptors (Lipinski definition) is 7. The summed E-state index contributed by atoms with van der Waals surface area (Å²) in [6.45, 7) is 4.76. The Kier molecular flexibility index (Phi) is 8.76. The smallest absolute Gasteiger partial charge is 0.317 e. The van der Waals surface area contributed by atoms with E-state index in [1.165, 1.54) is 0 Å². The number of thiocarbonyl (C=S) groups is 1. The third-order valence-electron chi connectivity index (χ3n) is 2.35. The second-order valence-electron chi connectivity index (χ2n) is 4.11. The van der Waals surface area contributed by atoms with Crippen molar-refractivity contribution in [3.63, 3.8) is 0 Å². The predicted molar refractivity (Wildman–Crippen MR) is 81.7 cm³/mol. The van der Waals surface area contributed by atoms with Gasteiger partial charge in [-0.25, -0.2) is 4.98 Å². The molecule has 118 valence electrons. The Morgan fingerprint density at radius 1 is 1.10 bits per heavy atom. The summed E-state index contributed by atoms with van der Waals surface area (Å²) in [5.74, 6) is 0. The first-order chi connectivity index (χ1) is 10.1. The van der Waals surface area contributed by atoms with E-state index in [0.717, 1.165) is 5.69 Å². The highest BCUT2D eigenvalue weighted by Crippen LogP contribution is 2.06. The van der Waals surface area contributed by atoms with Gasteiger partial charge in [0.25, 0.3) is 0 Å². The van der Waals surface area contributed by atoms with Crippen LogP contribution in [0.5, 0.6) is 6.01 Å². The molecule has 0 aliphatic rings. The van der Waals surface area contributed by atoms with Gasteiger partial charge in [0.15, 0.2) is 0 Å². The molecular formula is C13H21N3O4S. The Morgan fingerprint density at radius 3 is 2.33 bits per heavy atom. The number of aromatic nitrogens is 2. The Morgan fingerprint density at radius 2 is 1.71 bits per heavy atom. The second kappa shape index (κ2) is 10.4. The number of methoxy groups -OCH3 is 1. The molecule has 21 heavy (non-hydrogen) atoms. The van der Waals surface area contributed by atoms with Crippen LogP contribution < -0.4 is 10.5 Å². The topological polar surface area (TPSA) is 88.7 Å². The molecule has 0 saturated carbocycles. The summed E-state index contributed by atoms with van der Waals surface area (Å²) in [4.78, 5) is 8.47. The SMILES string of the molecule is COCCOCCOCCOc1nc(C)cc(C(N)=S)n1. The molecule has 1 aromatic heterocycles. The summed E-state index contributed by atoms with van der Waals surface area (Å²) in [6, 6.07) is 1.96. The van der Waals surface area contributed by atoms with Crippen molar-refractivity contribution < 1.29 is 18.9 Å². The van der Waals surface area contributed by atoms with Crippen molar-refractivity contribution in [2.24, 2.45) is 5.73 Å². The van der Waals surface area contributed by atoms with E-state index in [1.54, 1.807) is 13.2 Å². The van der Waals surface area contributed by atoms with E-state index in [1.807, 2.05) is 6.92 Å². The number of ether oxygens (including phenoxy) is 4. The summed E-state index contributed by atoms with van der Waals surface area (Å²) in [6.07, 6.45) is 0. The van der Waals surface area contributed by atoms with Crippen LogP contribution in [-0.2, 0) is 14.2 Å². The van der Waals surface area contributed by atoms with Crippen LogP contribution in [0.3, 0.4) is 0 Å². The number of rotatable bonds is 11. The van der Waals surface area contributed by atoms with Crippen LogP contribution in [0, 0.1) is 6.92 Å². The van der Waals surface area contributed by atoms with Gasteiger partial charge in [-0.2, -0.15) is 4.98 Å². The summed E-state index contributed by atoms with van der Waals surface area (Å²) in [5, 5.41) is 0. The first-order valence-electron chi connectivity index (χ1n) is 6.56. The highest BCUT2D eigenvalue weighted by Gasteiger charge is 2.05. The molecule has 0 atom stereocenters. The van der Waals surface area contributed by atoms with Crippen LogP contribution in [0.15, 0.2) is 6.07 Å². The fraction of sp³-hybridized carbons (Fsp3) is 0.615. The van der Waals surface area contributed by atoms with Gasteiger partial charge in [0.2, 0.25) is 0 Å². The van der Waals surface area contributed by atoms with Gasteiger partial charge >= 0.3 is 6.01 Å². The number of aryl methyl sites for hydroxylation is 1. The summed E-state index contributed by atoms with van der Waals surface area (Å²) in [7, 11) is 1.63. The molecule has 0 bridgehead atoms. The zero-order valence-electron chi connectivity index (χ0n) is 12.3. The van der Waals surface area contributed by atoms with Gasteiger partial charge in [-0.15, -0.1) is 0 Å². The van der Waals surface area contributed by atoms with Gasteiger partial charge in [-0.05, 0) is 13.0 Å². The van der Waals surface area contributed by atoms with Gasteiger partial charge in [-0.3, -0.25) is 0 Å². The van der Waals surface area contributed by atoms with Gasteiger partial charge in [0.05, 0.1) is 33.0 Å². The first-order valence-corrected chi connectivity index (χ1v) is 6.97. The second-order valence-corrected chi connectivity index (χ2v) is 4.55. The first kappa shape index (κ1) is 17.7. The van der Waals surface area contributed by atoms with Crippen molar-refractivity contribution in [2.45, 2.75) is 6.92 Å². The van der Waals surface area contributed by atoms with Crippen molar-refractivity contribution in [1.82, 2.24) is 9.97 Å². The Labute approximate surface area is 129 Å². The maximum absolute atomic E-state index is 5.53. The lowest BCUT2D eigenvalue weighted by Crippen LogP contribution is -2.16. The molecule has 1 rings (SSSR count). The van der Waals surface area contributed by atoms with E-state index >= 15 is 0 Å². The summed E-state index contributed by atoms with van der Waals surface area (Å²) in [5.41, 5.74) is 6.78. The molecule has 7 nitrogen and oxygen atoms in total. The fourth-order valence-corrected chi connectivity index (χ4v) is 1.49. The molecule has 0 aliphatic carbocycles. The molecule has 0 unspecified atom stereocenters. The van der Waals surface area contributed by atoms with Crippen molar-refractivity contribution >= 4 is 17.2 Å². The molecule has 0 fully saturated rings. The van der Waals surface area contributed by atoms with Crippen LogP contribution in [-0.4, -0.2) is 61.7 Å². The number of nitrogens with two attached hydrogens (primary N) is 1. The standard InChI is InChI=1S/C13H21N3O4S/c1-10-9-11(12(14)21)16-13(15-10)20-8-7-19-6-5-18-4-3-17-2/h9H,3-8H2,1-2H3,(H2,14,21). The normalized spacial score (nSPS) is 10.6. The average Bonchev–Trinajstić information content (AvgIpc) is 2.45. The minimum atomic E-state index is 0.217. The van der Waals surface area contributed by atoms with E-state index in [4.69, 9.17) is 36.9 Å². The lowest BCUT2D eigenvalue weighted by Gasteiger charge is -2.08. The van der Waals surface area contributed by atoms with E-state index in [2.05, 4.69) is 9.97 Å². The van der Waals surface area contributed by atoms with E-state index in [-0.39, 0.29) is 11.0 Å². The zero-order chi connectivity index (χ0) is 15.5. The Balaban J connectivity index is 2.17. The van der Waals surface area contributed by atoms with Crippen molar-refractivity contribution in [3.8, 4) is 6.01 Å². The van der Waals surface area contributed by atoms with Crippen LogP contribution in [0.1, 0.15) is 11.4 Å². The molecule has 0 aliphatic heterocycles. The van der Waals surface area contributed by atoms with Gasteiger partial charge in [0.1, 0.15) is 17.3 Å². The molecule has 0 spiro atoms. The third kappa shape index (κ3) is 7.86. The van der Waals surface area contributed by atoms with Gasteiger partial charge in [0, 0.05) is 12.8 Å². The quantitative estimate of drug-likeness (QED) is 0.466. The third-order valence-corrected chi connectivity index (χ3v) is 2.56. The maximum Gasteiger partial charge on any atom is 0.317 e. The van der Waals surface area contributed by atoms with Gasteiger partial charge in [-0.1, -0.05) is 12.2 Å². The fourth-order valence-electron chi connectivity index (χ4n) is 1.39. The van der Waals surface area contributed by atoms with E-state index in [9.17, 15) is 0 Å². The molecule has 0 aromatic carbocycles. The highest BCUT2D eigenvalue weighted by molar-refractivity contribution is 7.80. The van der Waals surface area contributed by atoms with E-state index < -0.39 is 0 Å². The van der Waals surface area contributed by atoms with Crippen LogP contribution in [0.25, 0.3) is 0 Å². The Hall–Kier alpha value is -1.35. The minimum Gasteiger partial charge on any atom is -0.461 e. The van der Waals surface area contributed by atoms with Crippen molar-refractivity contribution in [2.75, 3.05) is 46.8 Å². The lowest BCUT2D eigenvalue weighted by molar-refractivity contribution is 0.0173. The molecule has 1 heterocycles. The van der Waals surface area contributed by atoms with Crippen LogP contribution in [0.2, 0.25) is 0 Å². The van der Waals surface area contributed by atoms with Crippen molar-refractivity contribution in [3.05, 3.63) is 17.5 Å². The predicted octanol–water partition coefficient (Wildman–Crippen LogP) is 0.478. The largest absolute Gasteiger partial charge is 0.461 e. The molecule has 0 saturated heterocycles. The lowest BCUT2D eigenvalue weighted by atomic mass is 10.3. The summed E-state index contributed by atoms with van der Waals surface area (Å²) >= 11 is 4.88. The molecule has 1 aromatic rings. The van der Waals surface area contributed by atoms with Gasteiger partial charge < -0.3 is 24.7 Å². The van der Waals surface area contributed by atoms with E-state index in [0.29, 0.717) is 45.3 Å². The average molecular weight is 315 g/mol. The molecule has 0 amide bonds. The molecule has 8 heteroatoms. The monoisotopic (exact) mass is 315 g/mol. The molecule has 0 radical (unpaired) electrons. The molecule has 2 N–H and O–H groups in total. The van der Waals surface area contributed by atoms with Crippen LogP contribution in [0.4, 0.5) is 0 Å². The minimum absolute atomic E-state index is 0.217. The zero-order valence-corrected chi connectivity index (χ0v) is 13.1. The maximum atomic E-state index is 5.53. The van der Waals surface area contributed by atoms with Crippen LogP contribution >= 0.6 is 12.2 Å². The number of hydrogen-bond donors (Lipinski definition) is 1. The van der Waals surface area contributed by atoms with Crippen molar-refractivity contribution in [1.29, 1.82) is 0 Å².